The van der Waals surface area contributed by atoms with Crippen molar-refractivity contribution in [2.45, 2.75) is 58.7 Å². The zero-order chi connectivity index (χ0) is 17.6. The van der Waals surface area contributed by atoms with E-state index in [0.29, 0.717) is 12.1 Å². The van der Waals surface area contributed by atoms with Crippen molar-refractivity contribution in [3.63, 3.8) is 0 Å². The fourth-order valence-corrected chi connectivity index (χ4v) is 4.06. The summed E-state index contributed by atoms with van der Waals surface area (Å²) in [7, 11) is 0. The number of nitrogens with one attached hydrogen (secondary N) is 2. The number of nitrogens with zero attached hydrogens (tertiary/aromatic N) is 2. The third-order valence-electron chi connectivity index (χ3n) is 5.87. The van der Waals surface area contributed by atoms with Gasteiger partial charge in [-0.25, -0.2) is 0 Å². The standard InChI is InChI=1S/C21H34N4/c1-16-7-4-10-22-19(16)13-25(14-20-17(2)8-5-11-23-20)15-21-18(3)9-6-12-24-21/h4,7-8,10,18,20-21,23-24H,5-6,9,11-15H2,1-3H3. The average molecular weight is 343 g/mol. The molecule has 0 amide bonds. The van der Waals surface area contributed by atoms with Gasteiger partial charge in [-0.1, -0.05) is 24.6 Å². The molecule has 1 aromatic heterocycles. The van der Waals surface area contributed by atoms with Crippen molar-refractivity contribution in [3.8, 4) is 0 Å². The fraction of sp³-hybridized carbons (Fsp3) is 0.667. The molecule has 2 N–H and O–H groups in total. The molecule has 4 nitrogen and oxygen atoms in total. The van der Waals surface area contributed by atoms with Crippen LogP contribution in [0.25, 0.3) is 0 Å². The maximum absolute atomic E-state index is 4.65. The Balaban J connectivity index is 1.71. The van der Waals surface area contributed by atoms with Crippen molar-refractivity contribution < 1.29 is 0 Å². The number of rotatable bonds is 6. The van der Waals surface area contributed by atoms with E-state index < -0.39 is 0 Å². The molecule has 3 rings (SSSR count). The first-order valence-corrected chi connectivity index (χ1v) is 9.89. The maximum Gasteiger partial charge on any atom is 0.0573 e. The molecule has 1 fully saturated rings. The van der Waals surface area contributed by atoms with Crippen LogP contribution in [0.5, 0.6) is 0 Å². The number of aryl methyl sites for hydroxylation is 1. The van der Waals surface area contributed by atoms with Crippen molar-refractivity contribution in [2.24, 2.45) is 5.92 Å². The van der Waals surface area contributed by atoms with Gasteiger partial charge in [0.25, 0.3) is 0 Å². The van der Waals surface area contributed by atoms with Crippen LogP contribution >= 0.6 is 0 Å². The Labute approximate surface area is 153 Å². The fourth-order valence-electron chi connectivity index (χ4n) is 4.06. The molecule has 3 unspecified atom stereocenters. The van der Waals surface area contributed by atoms with Crippen LogP contribution in [0.2, 0.25) is 0 Å². The third-order valence-corrected chi connectivity index (χ3v) is 5.87. The van der Waals surface area contributed by atoms with Crippen molar-refractivity contribution in [1.29, 1.82) is 0 Å². The van der Waals surface area contributed by atoms with Gasteiger partial charge >= 0.3 is 0 Å². The normalized spacial score (nSPS) is 27.4. The molecular formula is C21H34N4. The van der Waals surface area contributed by atoms with Gasteiger partial charge < -0.3 is 10.6 Å². The second-order valence-electron chi connectivity index (χ2n) is 7.88. The summed E-state index contributed by atoms with van der Waals surface area (Å²) in [5.74, 6) is 0.747. The highest BCUT2D eigenvalue weighted by Gasteiger charge is 2.26. The summed E-state index contributed by atoms with van der Waals surface area (Å²) in [5.41, 5.74) is 3.99. The van der Waals surface area contributed by atoms with Crippen molar-refractivity contribution in [2.75, 3.05) is 26.2 Å². The smallest absolute Gasteiger partial charge is 0.0573 e. The van der Waals surface area contributed by atoms with Gasteiger partial charge in [0.2, 0.25) is 0 Å². The Morgan fingerprint density at radius 3 is 2.84 bits per heavy atom. The van der Waals surface area contributed by atoms with Gasteiger partial charge in [-0.2, -0.15) is 0 Å². The Morgan fingerprint density at radius 1 is 1.20 bits per heavy atom. The summed E-state index contributed by atoms with van der Waals surface area (Å²) >= 11 is 0. The van der Waals surface area contributed by atoms with E-state index in [2.05, 4.69) is 53.4 Å². The summed E-state index contributed by atoms with van der Waals surface area (Å²) < 4.78 is 0. The Bertz CT molecular complexity index is 583. The SMILES string of the molecule is CC1=CCCNC1CN(Cc1ncccc1C)CC1NCCCC1C. The molecule has 4 heteroatoms. The molecule has 1 aromatic rings. The Hall–Kier alpha value is -1.23. The first-order valence-electron chi connectivity index (χ1n) is 9.89. The Kier molecular flexibility index (Phi) is 6.63. The monoisotopic (exact) mass is 342 g/mol. The van der Waals surface area contributed by atoms with Crippen LogP contribution in [-0.4, -0.2) is 48.1 Å². The second kappa shape index (κ2) is 8.93. The zero-order valence-corrected chi connectivity index (χ0v) is 16.1. The van der Waals surface area contributed by atoms with Crippen LogP contribution in [0.1, 0.15) is 44.4 Å². The summed E-state index contributed by atoms with van der Waals surface area (Å²) in [6.07, 6.45) is 8.12. The molecule has 0 aromatic carbocycles. The van der Waals surface area contributed by atoms with Crippen LogP contribution < -0.4 is 10.6 Å². The molecule has 2 aliphatic rings. The number of pyridine rings is 1. The van der Waals surface area contributed by atoms with Gasteiger partial charge in [0.05, 0.1) is 5.69 Å². The summed E-state index contributed by atoms with van der Waals surface area (Å²) in [6, 6.07) is 5.26. The van der Waals surface area contributed by atoms with Crippen molar-refractivity contribution in [1.82, 2.24) is 20.5 Å². The van der Waals surface area contributed by atoms with Gasteiger partial charge in [-0.05, 0) is 63.7 Å². The molecule has 0 spiro atoms. The van der Waals surface area contributed by atoms with E-state index in [-0.39, 0.29) is 0 Å². The molecule has 3 atom stereocenters. The maximum atomic E-state index is 4.65. The van der Waals surface area contributed by atoms with E-state index >= 15 is 0 Å². The molecule has 0 radical (unpaired) electrons. The van der Waals surface area contributed by atoms with Crippen molar-refractivity contribution >= 4 is 0 Å². The van der Waals surface area contributed by atoms with E-state index in [4.69, 9.17) is 0 Å². The van der Waals surface area contributed by atoms with Gasteiger partial charge in [-0.3, -0.25) is 9.88 Å². The highest BCUT2D eigenvalue weighted by molar-refractivity contribution is 5.18. The van der Waals surface area contributed by atoms with Crippen LogP contribution in [0.15, 0.2) is 30.0 Å². The van der Waals surface area contributed by atoms with E-state index in [1.165, 1.54) is 29.7 Å². The molecule has 0 bridgehead atoms. The van der Waals surface area contributed by atoms with Crippen LogP contribution in [0, 0.1) is 12.8 Å². The predicted molar refractivity (Wildman–Crippen MR) is 105 cm³/mol. The molecule has 25 heavy (non-hydrogen) atoms. The lowest BCUT2D eigenvalue weighted by Gasteiger charge is -2.37. The number of piperidine rings is 1. The van der Waals surface area contributed by atoms with E-state index in [9.17, 15) is 0 Å². The van der Waals surface area contributed by atoms with Gasteiger partial charge in [0.1, 0.15) is 0 Å². The highest BCUT2D eigenvalue weighted by Crippen LogP contribution is 2.19. The third kappa shape index (κ3) is 5.13. The minimum atomic E-state index is 0.469. The van der Waals surface area contributed by atoms with Crippen molar-refractivity contribution in [3.05, 3.63) is 41.2 Å². The molecule has 138 valence electrons. The first-order chi connectivity index (χ1) is 12.1. The number of hydrogen-bond donors (Lipinski definition) is 2. The van der Waals surface area contributed by atoms with E-state index in [1.54, 1.807) is 0 Å². The minimum Gasteiger partial charge on any atom is -0.312 e. The molecule has 2 aliphatic heterocycles. The zero-order valence-electron chi connectivity index (χ0n) is 16.1. The van der Waals surface area contributed by atoms with Gasteiger partial charge in [-0.15, -0.1) is 0 Å². The quantitative estimate of drug-likeness (QED) is 0.780. The molecule has 0 aliphatic carbocycles. The van der Waals surface area contributed by atoms with E-state index in [1.807, 2.05) is 12.3 Å². The summed E-state index contributed by atoms with van der Waals surface area (Å²) in [5, 5.41) is 7.45. The average Bonchev–Trinajstić information content (AvgIpc) is 2.61. The molecule has 1 saturated heterocycles. The van der Waals surface area contributed by atoms with E-state index in [0.717, 1.165) is 45.1 Å². The largest absolute Gasteiger partial charge is 0.312 e. The topological polar surface area (TPSA) is 40.2 Å². The number of aromatic nitrogens is 1. The Morgan fingerprint density at radius 2 is 2.08 bits per heavy atom. The number of hydrogen-bond acceptors (Lipinski definition) is 4. The van der Waals surface area contributed by atoms with Gasteiger partial charge in [0, 0.05) is 37.9 Å². The highest BCUT2D eigenvalue weighted by atomic mass is 15.2. The lowest BCUT2D eigenvalue weighted by molar-refractivity contribution is 0.173. The van der Waals surface area contributed by atoms with Crippen LogP contribution in [-0.2, 0) is 6.54 Å². The minimum absolute atomic E-state index is 0.469. The summed E-state index contributed by atoms with van der Waals surface area (Å²) in [4.78, 5) is 7.25. The predicted octanol–water partition coefficient (Wildman–Crippen LogP) is 2.89. The second-order valence-corrected chi connectivity index (χ2v) is 7.88. The lowest BCUT2D eigenvalue weighted by atomic mass is 9.92. The van der Waals surface area contributed by atoms with Crippen LogP contribution in [0.3, 0.4) is 0 Å². The van der Waals surface area contributed by atoms with Gasteiger partial charge in [0.15, 0.2) is 0 Å². The van der Waals surface area contributed by atoms with Crippen LogP contribution in [0.4, 0.5) is 0 Å². The molecule has 0 saturated carbocycles. The molecule has 3 heterocycles. The first kappa shape index (κ1) is 18.6. The molecular weight excluding hydrogens is 308 g/mol. The summed E-state index contributed by atoms with van der Waals surface area (Å²) in [6.45, 7) is 12.2. The lowest BCUT2D eigenvalue weighted by Crippen LogP contribution is -2.51.